The predicted molar refractivity (Wildman–Crippen MR) is 97.1 cm³/mol. The molecule has 2 saturated heterocycles. The van der Waals surface area contributed by atoms with E-state index in [0.29, 0.717) is 24.0 Å². The van der Waals surface area contributed by atoms with Crippen molar-refractivity contribution >= 4 is 5.97 Å². The predicted octanol–water partition coefficient (Wildman–Crippen LogP) is 4.15. The van der Waals surface area contributed by atoms with E-state index in [1.807, 2.05) is 0 Å². The number of allylic oxidation sites excluding steroid dienone is 1. The van der Waals surface area contributed by atoms with E-state index < -0.39 is 5.97 Å². The summed E-state index contributed by atoms with van der Waals surface area (Å²) in [5, 5.41) is 12.3. The summed E-state index contributed by atoms with van der Waals surface area (Å²) in [4.78, 5) is 10.4. The van der Waals surface area contributed by atoms with Crippen molar-refractivity contribution in [1.29, 1.82) is 0 Å². The van der Waals surface area contributed by atoms with Crippen LogP contribution in [0.25, 0.3) is 0 Å². The molecule has 138 valence electrons. The molecular formula is C20H35NO3. The average Bonchev–Trinajstić information content (AvgIpc) is 3.15. The normalized spacial score (nSPS) is 28.9. The number of hydrogen-bond acceptors (Lipinski definition) is 3. The summed E-state index contributed by atoms with van der Waals surface area (Å²) in [6.07, 6.45) is 16.1. The maximum Gasteiger partial charge on any atom is 0.327 e. The van der Waals surface area contributed by atoms with Gasteiger partial charge in [0, 0.05) is 18.5 Å². The monoisotopic (exact) mass is 337 g/mol. The Hall–Kier alpha value is -0.870. The van der Waals surface area contributed by atoms with Gasteiger partial charge in [0.15, 0.2) is 0 Å². The molecular weight excluding hydrogens is 302 g/mol. The number of aliphatic carboxylic acids is 1. The summed E-state index contributed by atoms with van der Waals surface area (Å²) in [6.45, 7) is 4.50. The fourth-order valence-corrected chi connectivity index (χ4v) is 4.33. The molecule has 2 bridgehead atoms. The Bertz CT molecular complexity index is 396. The average molecular weight is 338 g/mol. The quantitative estimate of drug-likeness (QED) is 0.391. The van der Waals surface area contributed by atoms with Crippen molar-refractivity contribution in [3.8, 4) is 0 Å². The summed E-state index contributed by atoms with van der Waals surface area (Å²) in [6, 6.07) is 0. The van der Waals surface area contributed by atoms with Gasteiger partial charge in [0.05, 0.1) is 12.2 Å². The molecule has 2 rings (SSSR count). The molecule has 2 aliphatic rings. The van der Waals surface area contributed by atoms with Crippen LogP contribution in [0, 0.1) is 11.8 Å². The van der Waals surface area contributed by atoms with Crippen LogP contribution < -0.4 is 5.32 Å². The van der Waals surface area contributed by atoms with E-state index in [0.717, 1.165) is 25.9 Å². The van der Waals surface area contributed by atoms with E-state index in [9.17, 15) is 4.79 Å². The Morgan fingerprint density at radius 2 is 1.92 bits per heavy atom. The second kappa shape index (κ2) is 10.9. The van der Waals surface area contributed by atoms with Gasteiger partial charge in [-0.05, 0) is 51.0 Å². The van der Waals surface area contributed by atoms with Crippen LogP contribution in [0.15, 0.2) is 12.2 Å². The van der Waals surface area contributed by atoms with Crippen LogP contribution in [0.2, 0.25) is 0 Å². The van der Waals surface area contributed by atoms with Crippen molar-refractivity contribution in [1.82, 2.24) is 5.32 Å². The Morgan fingerprint density at radius 3 is 2.67 bits per heavy atom. The van der Waals surface area contributed by atoms with Crippen LogP contribution in [0.1, 0.15) is 71.1 Å². The zero-order chi connectivity index (χ0) is 17.2. The van der Waals surface area contributed by atoms with Gasteiger partial charge in [0.2, 0.25) is 0 Å². The molecule has 0 aromatic rings. The number of rotatable bonds is 13. The second-order valence-corrected chi connectivity index (χ2v) is 7.41. The van der Waals surface area contributed by atoms with Gasteiger partial charge in [-0.3, -0.25) is 0 Å². The standard InChI is InChI=1S/C20H35NO3/c1-2-3-4-9-14-21-15-17-16(18-12-13-19(17)24-18)10-7-5-6-8-11-20(22)23/h8,11,16-19,21H,2-7,9-10,12-15H2,1H3,(H,22,23)/t16-,17-,18+,19-/m0/s1. The SMILES string of the molecule is CCCCCCNC[C@H]1[C@H](CCCCC=CC(=O)O)[C@H]2CC[C@@H]1O2. The summed E-state index contributed by atoms with van der Waals surface area (Å²) in [7, 11) is 0. The van der Waals surface area contributed by atoms with Crippen LogP contribution >= 0.6 is 0 Å². The van der Waals surface area contributed by atoms with Gasteiger partial charge in [0.25, 0.3) is 0 Å². The Labute approximate surface area is 147 Å². The Balaban J connectivity index is 1.63. The summed E-state index contributed by atoms with van der Waals surface area (Å²) in [5.74, 6) is 0.543. The highest BCUT2D eigenvalue weighted by Crippen LogP contribution is 2.45. The van der Waals surface area contributed by atoms with Crippen molar-refractivity contribution in [3.05, 3.63) is 12.2 Å². The lowest BCUT2D eigenvalue weighted by molar-refractivity contribution is -0.131. The zero-order valence-corrected chi connectivity index (χ0v) is 15.2. The van der Waals surface area contributed by atoms with Crippen molar-refractivity contribution in [3.63, 3.8) is 0 Å². The van der Waals surface area contributed by atoms with E-state index in [1.165, 1.54) is 57.4 Å². The Kier molecular flexibility index (Phi) is 8.82. The number of carbonyl (C=O) groups is 1. The number of carboxylic acids is 1. The second-order valence-electron chi connectivity index (χ2n) is 7.41. The fraction of sp³-hybridized carbons (Fsp3) is 0.850. The molecule has 2 fully saturated rings. The van der Waals surface area contributed by atoms with E-state index >= 15 is 0 Å². The zero-order valence-electron chi connectivity index (χ0n) is 15.2. The van der Waals surface area contributed by atoms with Gasteiger partial charge in [-0.1, -0.05) is 38.7 Å². The van der Waals surface area contributed by atoms with Gasteiger partial charge in [0.1, 0.15) is 0 Å². The van der Waals surface area contributed by atoms with E-state index in [1.54, 1.807) is 6.08 Å². The maximum absolute atomic E-state index is 10.4. The molecule has 0 aromatic carbocycles. The molecule has 0 radical (unpaired) electrons. The van der Waals surface area contributed by atoms with Crippen molar-refractivity contribution in [2.45, 2.75) is 83.3 Å². The van der Waals surface area contributed by atoms with Crippen LogP contribution in [0.5, 0.6) is 0 Å². The molecule has 2 N–H and O–H groups in total. The van der Waals surface area contributed by atoms with Crippen molar-refractivity contribution < 1.29 is 14.6 Å². The largest absolute Gasteiger partial charge is 0.478 e. The molecule has 0 amide bonds. The van der Waals surface area contributed by atoms with Gasteiger partial charge in [-0.25, -0.2) is 4.79 Å². The van der Waals surface area contributed by atoms with Crippen LogP contribution in [-0.2, 0) is 9.53 Å². The molecule has 0 aliphatic carbocycles. The third-order valence-corrected chi connectivity index (χ3v) is 5.60. The highest BCUT2D eigenvalue weighted by Gasteiger charge is 2.47. The molecule has 4 heteroatoms. The number of nitrogens with one attached hydrogen (secondary N) is 1. The third kappa shape index (κ3) is 6.21. The lowest BCUT2D eigenvalue weighted by atomic mass is 9.76. The van der Waals surface area contributed by atoms with Gasteiger partial charge in [-0.15, -0.1) is 0 Å². The number of hydrogen-bond donors (Lipinski definition) is 2. The molecule has 0 saturated carbocycles. The molecule has 0 aromatic heterocycles. The van der Waals surface area contributed by atoms with Crippen molar-refractivity contribution in [2.24, 2.45) is 11.8 Å². The molecule has 4 atom stereocenters. The Morgan fingerprint density at radius 1 is 1.12 bits per heavy atom. The topological polar surface area (TPSA) is 58.6 Å². The van der Waals surface area contributed by atoms with Crippen LogP contribution in [0.3, 0.4) is 0 Å². The lowest BCUT2D eigenvalue weighted by Gasteiger charge is -2.28. The molecule has 0 spiro atoms. The third-order valence-electron chi connectivity index (χ3n) is 5.60. The fourth-order valence-electron chi connectivity index (χ4n) is 4.33. The molecule has 4 nitrogen and oxygen atoms in total. The summed E-state index contributed by atoms with van der Waals surface area (Å²) in [5.41, 5.74) is 0. The minimum Gasteiger partial charge on any atom is -0.478 e. The van der Waals surface area contributed by atoms with Crippen molar-refractivity contribution in [2.75, 3.05) is 13.1 Å². The molecule has 2 heterocycles. The highest BCUT2D eigenvalue weighted by atomic mass is 16.5. The van der Waals surface area contributed by atoms with Gasteiger partial charge >= 0.3 is 5.97 Å². The van der Waals surface area contributed by atoms with E-state index in [-0.39, 0.29) is 0 Å². The molecule has 24 heavy (non-hydrogen) atoms. The first kappa shape index (κ1) is 19.5. The molecule has 2 aliphatic heterocycles. The number of unbranched alkanes of at least 4 members (excludes halogenated alkanes) is 5. The molecule has 0 unspecified atom stereocenters. The van der Waals surface area contributed by atoms with E-state index in [2.05, 4.69) is 12.2 Å². The summed E-state index contributed by atoms with van der Waals surface area (Å²) < 4.78 is 6.17. The van der Waals surface area contributed by atoms with Gasteiger partial charge in [-0.2, -0.15) is 0 Å². The number of ether oxygens (including phenoxy) is 1. The smallest absolute Gasteiger partial charge is 0.327 e. The lowest BCUT2D eigenvalue weighted by Crippen LogP contribution is -2.36. The van der Waals surface area contributed by atoms with E-state index in [4.69, 9.17) is 9.84 Å². The number of fused-ring (bicyclic) bond motifs is 2. The van der Waals surface area contributed by atoms with Crippen LogP contribution in [0.4, 0.5) is 0 Å². The first-order valence-corrected chi connectivity index (χ1v) is 9.98. The minimum atomic E-state index is -0.846. The first-order chi connectivity index (χ1) is 11.7. The summed E-state index contributed by atoms with van der Waals surface area (Å²) >= 11 is 0. The maximum atomic E-state index is 10.4. The van der Waals surface area contributed by atoms with Crippen LogP contribution in [-0.4, -0.2) is 36.4 Å². The number of carboxylic acid groups (broad SMARTS) is 1. The minimum absolute atomic E-state index is 0.482. The van der Waals surface area contributed by atoms with Gasteiger partial charge < -0.3 is 15.2 Å². The first-order valence-electron chi connectivity index (χ1n) is 9.98. The highest BCUT2D eigenvalue weighted by molar-refractivity contribution is 5.79.